The largest absolute Gasteiger partial charge is 0.510 e. The molecule has 0 spiro atoms. The number of hydrogen-bond donors (Lipinski definition) is 5. The number of amides is 1. The molecule has 3 aliphatic carbocycles. The van der Waals surface area contributed by atoms with Gasteiger partial charge >= 0.3 is 12.1 Å². The van der Waals surface area contributed by atoms with E-state index in [1.165, 1.54) is 31.1 Å². The van der Waals surface area contributed by atoms with Crippen LogP contribution < -0.4 is 5.73 Å². The molecule has 0 bridgehead atoms. The van der Waals surface area contributed by atoms with E-state index in [-0.39, 0.29) is 55.6 Å². The minimum atomic E-state index is -4.31. The summed E-state index contributed by atoms with van der Waals surface area (Å²) in [5, 5.41) is 46.0. The van der Waals surface area contributed by atoms with Crippen molar-refractivity contribution in [3.05, 3.63) is 51.5 Å². The standard InChI is InChI=1S/C30H32F3N3O9/c1-35(2)21-20-25-16-14(9-15(37)45-25)13-4-3-11(10-36-7-5-12(6-8-36)30(31,32)33)22(38)17(13)23(39)18(16)26(41)29(20,44)27(42)19(24(21)40)28(34)43/h3-4,12,14,16,20-21,25,38,40-41,44H,5-10H2,1-2H3,(H2,34,43)/t14-,16+,20+,21-,25-,29-/m0/s1. The Balaban J connectivity index is 1.47. The average molecular weight is 636 g/mol. The number of likely N-dealkylation sites (tertiary alicyclic amines) is 1. The van der Waals surface area contributed by atoms with Crippen LogP contribution in [0.1, 0.15) is 46.7 Å². The number of fused-ring (bicyclic) bond motifs is 4. The van der Waals surface area contributed by atoms with Gasteiger partial charge in [-0.1, -0.05) is 12.1 Å². The number of phenols is 1. The molecule has 15 heteroatoms. The third kappa shape index (κ3) is 4.38. The molecule has 0 radical (unpaired) electrons. The number of phenolic OH excluding ortho intramolecular Hbond substituents is 1. The maximum Gasteiger partial charge on any atom is 0.391 e. The van der Waals surface area contributed by atoms with Gasteiger partial charge in [0, 0.05) is 29.5 Å². The number of nitrogens with zero attached hydrogens (tertiary/aromatic N) is 2. The van der Waals surface area contributed by atoms with Crippen LogP contribution in [0.15, 0.2) is 34.8 Å². The highest BCUT2D eigenvalue weighted by atomic mass is 19.4. The number of hydrogen-bond acceptors (Lipinski definition) is 11. The molecule has 45 heavy (non-hydrogen) atoms. The summed E-state index contributed by atoms with van der Waals surface area (Å²) in [7, 11) is 2.92. The minimum absolute atomic E-state index is 0.0157. The van der Waals surface area contributed by atoms with Crippen molar-refractivity contribution in [3.63, 3.8) is 0 Å². The lowest BCUT2D eigenvalue weighted by molar-refractivity contribution is -0.189. The molecule has 0 aromatic heterocycles. The van der Waals surface area contributed by atoms with Crippen molar-refractivity contribution >= 4 is 23.4 Å². The quantitative estimate of drug-likeness (QED) is 0.237. The molecule has 5 aliphatic rings. The molecule has 1 amide bonds. The van der Waals surface area contributed by atoms with Crippen LogP contribution in [0, 0.1) is 17.8 Å². The van der Waals surface area contributed by atoms with Crippen molar-refractivity contribution < 1.29 is 57.5 Å². The molecular formula is C30H32F3N3O9. The number of rotatable bonds is 4. The van der Waals surface area contributed by atoms with Gasteiger partial charge in [0.1, 0.15) is 28.9 Å². The van der Waals surface area contributed by atoms with Gasteiger partial charge in [0.15, 0.2) is 11.4 Å². The number of halogens is 3. The zero-order valence-corrected chi connectivity index (χ0v) is 24.3. The monoisotopic (exact) mass is 635 g/mol. The molecule has 6 atom stereocenters. The molecular weight excluding hydrogens is 603 g/mol. The van der Waals surface area contributed by atoms with Crippen LogP contribution in [-0.4, -0.2) is 105 Å². The Kier molecular flexibility index (Phi) is 7.10. The third-order valence-electron chi connectivity index (χ3n) is 10.1. The smallest absolute Gasteiger partial charge is 0.391 e. The van der Waals surface area contributed by atoms with Crippen molar-refractivity contribution in [2.45, 2.75) is 55.6 Å². The fraction of sp³-hybridized carbons (Fsp3) is 0.533. The van der Waals surface area contributed by atoms with E-state index in [4.69, 9.17) is 10.5 Å². The van der Waals surface area contributed by atoms with Crippen LogP contribution in [0.3, 0.4) is 0 Å². The van der Waals surface area contributed by atoms with Crippen molar-refractivity contribution in [2.24, 2.45) is 23.5 Å². The van der Waals surface area contributed by atoms with E-state index in [0.717, 1.165) is 0 Å². The Hall–Kier alpha value is -3.95. The predicted octanol–water partition coefficient (Wildman–Crippen LogP) is 1.36. The second kappa shape index (κ2) is 10.3. The van der Waals surface area contributed by atoms with Gasteiger partial charge in [-0.25, -0.2) is 0 Å². The van der Waals surface area contributed by atoms with E-state index in [0.29, 0.717) is 0 Å². The number of nitrogens with two attached hydrogens (primary N) is 1. The second-order valence-electron chi connectivity index (χ2n) is 12.7. The molecule has 2 saturated heterocycles. The second-order valence-corrected chi connectivity index (χ2v) is 12.7. The Morgan fingerprint density at radius 1 is 1.13 bits per heavy atom. The number of benzene rings is 1. The van der Waals surface area contributed by atoms with Crippen LogP contribution >= 0.6 is 0 Å². The van der Waals surface area contributed by atoms with E-state index in [9.17, 15) is 52.8 Å². The number of primary amides is 1. The Bertz CT molecular complexity index is 1590. The van der Waals surface area contributed by atoms with Gasteiger partial charge < -0.3 is 30.9 Å². The summed E-state index contributed by atoms with van der Waals surface area (Å²) in [5.74, 6) is -11.9. The zero-order valence-electron chi connectivity index (χ0n) is 24.3. The van der Waals surface area contributed by atoms with Gasteiger partial charge in [-0.3, -0.25) is 29.0 Å². The number of piperidine rings is 1. The summed E-state index contributed by atoms with van der Waals surface area (Å²) in [6, 6.07) is 1.71. The molecule has 2 fully saturated rings. The summed E-state index contributed by atoms with van der Waals surface area (Å²) in [6.45, 7) is 0.220. The number of likely N-dealkylation sites (N-methyl/N-ethyl adjacent to an activating group) is 1. The van der Waals surface area contributed by atoms with E-state index in [1.54, 1.807) is 4.90 Å². The molecule has 242 valence electrons. The van der Waals surface area contributed by atoms with Crippen molar-refractivity contribution in [2.75, 3.05) is 27.2 Å². The summed E-state index contributed by atoms with van der Waals surface area (Å²) < 4.78 is 45.1. The number of ether oxygens (including phenoxy) is 1. The van der Waals surface area contributed by atoms with Crippen LogP contribution in [0.4, 0.5) is 13.2 Å². The zero-order chi connectivity index (χ0) is 32.9. The fourth-order valence-electron chi connectivity index (χ4n) is 8.01. The third-order valence-corrected chi connectivity index (χ3v) is 10.1. The first kappa shape index (κ1) is 31.0. The molecule has 2 heterocycles. The minimum Gasteiger partial charge on any atom is -0.510 e. The number of carbonyl (C=O) groups excluding carboxylic acids is 4. The normalized spacial score (nSPS) is 32.3. The first-order valence-electron chi connectivity index (χ1n) is 14.5. The summed E-state index contributed by atoms with van der Waals surface area (Å²) in [5.41, 5.74) is 1.08. The molecule has 1 aromatic carbocycles. The summed E-state index contributed by atoms with van der Waals surface area (Å²) >= 11 is 0. The molecule has 0 unspecified atom stereocenters. The molecule has 6 rings (SSSR count). The lowest BCUT2D eigenvalue weighted by Gasteiger charge is -2.56. The molecule has 2 aliphatic heterocycles. The van der Waals surface area contributed by atoms with Gasteiger partial charge in [0.05, 0.1) is 29.9 Å². The van der Waals surface area contributed by atoms with Gasteiger partial charge in [-0.15, -0.1) is 0 Å². The Morgan fingerprint density at radius 2 is 1.78 bits per heavy atom. The van der Waals surface area contributed by atoms with E-state index < -0.39 is 99.5 Å². The van der Waals surface area contributed by atoms with Crippen molar-refractivity contribution in [1.82, 2.24) is 9.80 Å². The number of ketones is 2. The first-order valence-corrected chi connectivity index (χ1v) is 14.5. The SMILES string of the molecule is CN(C)[C@@H]1C(O)=C(C(N)=O)C(=O)[C@@]2(O)C(O)=C3C(=O)c4c(ccc(CN5CCC(C(F)(F)F)CC5)c4O)[C@@H]4CC(=O)O[C@@H]([C@@H]34)[C@@H]12. The van der Waals surface area contributed by atoms with E-state index in [1.807, 2.05) is 0 Å². The maximum atomic E-state index is 14.2. The van der Waals surface area contributed by atoms with Crippen LogP contribution in [0.5, 0.6) is 5.75 Å². The van der Waals surface area contributed by atoms with E-state index >= 15 is 0 Å². The average Bonchev–Trinajstić information content (AvgIpc) is 2.94. The van der Waals surface area contributed by atoms with Crippen molar-refractivity contribution in [1.29, 1.82) is 0 Å². The van der Waals surface area contributed by atoms with Gasteiger partial charge in [0.2, 0.25) is 5.78 Å². The predicted molar refractivity (Wildman–Crippen MR) is 147 cm³/mol. The number of Topliss-reactive ketones (excluding diaryl/α,β-unsaturated/α-hetero) is 2. The Morgan fingerprint density at radius 3 is 2.36 bits per heavy atom. The maximum absolute atomic E-state index is 14.2. The summed E-state index contributed by atoms with van der Waals surface area (Å²) in [6.07, 6.45) is -6.28. The topological polar surface area (TPSA) is 191 Å². The number of carbonyl (C=O) groups is 4. The molecule has 0 saturated carbocycles. The number of aliphatic hydroxyl groups is 3. The van der Waals surface area contributed by atoms with E-state index in [2.05, 4.69) is 0 Å². The Labute approximate surface area is 254 Å². The lowest BCUT2D eigenvalue weighted by Crippen LogP contribution is -2.70. The van der Waals surface area contributed by atoms with Gasteiger partial charge in [-0.05, 0) is 45.6 Å². The van der Waals surface area contributed by atoms with Crippen LogP contribution in [0.2, 0.25) is 0 Å². The highest BCUT2D eigenvalue weighted by Crippen LogP contribution is 2.59. The lowest BCUT2D eigenvalue weighted by atomic mass is 9.54. The molecule has 6 N–H and O–H groups in total. The van der Waals surface area contributed by atoms with Crippen LogP contribution in [0.25, 0.3) is 0 Å². The first-order chi connectivity index (χ1) is 21.0. The molecule has 12 nitrogen and oxygen atoms in total. The highest BCUT2D eigenvalue weighted by molar-refractivity contribution is 6.25. The van der Waals surface area contributed by atoms with Gasteiger partial charge in [0.25, 0.3) is 5.91 Å². The van der Waals surface area contributed by atoms with Crippen LogP contribution in [-0.2, 0) is 25.7 Å². The number of esters is 1. The number of alkyl halides is 3. The number of aliphatic hydroxyl groups excluding tert-OH is 2. The number of aromatic hydroxyl groups is 1. The van der Waals surface area contributed by atoms with Gasteiger partial charge in [-0.2, -0.15) is 13.2 Å². The summed E-state index contributed by atoms with van der Waals surface area (Å²) in [4.78, 5) is 56.2. The molecule has 1 aromatic rings. The fourth-order valence-corrected chi connectivity index (χ4v) is 8.01. The highest BCUT2D eigenvalue weighted by Gasteiger charge is 2.70. The van der Waals surface area contributed by atoms with Crippen molar-refractivity contribution in [3.8, 4) is 5.75 Å².